The fourth-order valence-electron chi connectivity index (χ4n) is 4.00. The van der Waals surface area contributed by atoms with Crippen LogP contribution < -0.4 is 5.32 Å². The lowest BCUT2D eigenvalue weighted by Gasteiger charge is -2.35. The molecule has 1 N–H and O–H groups in total. The molecule has 1 aromatic carbocycles. The third kappa shape index (κ3) is 8.67. The molecule has 30 heavy (non-hydrogen) atoms. The Bertz CT molecular complexity index is 633. The van der Waals surface area contributed by atoms with E-state index in [1.807, 2.05) is 6.07 Å². The molecule has 0 amide bonds. The first-order valence-electron chi connectivity index (χ1n) is 11.3. The average molecular weight is 533 g/mol. The van der Waals surface area contributed by atoms with Gasteiger partial charge in [0.25, 0.3) is 0 Å². The molecular weight excluding hydrogens is 496 g/mol. The Morgan fingerprint density at radius 3 is 2.80 bits per heavy atom. The molecule has 0 spiro atoms. The van der Waals surface area contributed by atoms with Crippen LogP contribution in [0.25, 0.3) is 0 Å². The normalized spacial score (nSPS) is 20.7. The molecule has 5 nitrogen and oxygen atoms in total. The Morgan fingerprint density at radius 2 is 2.10 bits per heavy atom. The highest BCUT2D eigenvalue weighted by Gasteiger charge is 2.23. The molecule has 1 aromatic rings. The van der Waals surface area contributed by atoms with Gasteiger partial charge in [0.15, 0.2) is 5.96 Å². The minimum atomic E-state index is -0.167. The second-order valence-corrected chi connectivity index (χ2v) is 7.98. The van der Waals surface area contributed by atoms with Gasteiger partial charge >= 0.3 is 0 Å². The third-order valence-electron chi connectivity index (χ3n) is 5.64. The lowest BCUT2D eigenvalue weighted by Crippen LogP contribution is -2.47. The maximum Gasteiger partial charge on any atom is 0.193 e. The summed E-state index contributed by atoms with van der Waals surface area (Å²) in [6, 6.07) is 6.84. The predicted molar refractivity (Wildman–Crippen MR) is 130 cm³/mol. The molecule has 1 unspecified atom stereocenters. The summed E-state index contributed by atoms with van der Waals surface area (Å²) in [5.41, 5.74) is 1.03. The lowest BCUT2D eigenvalue weighted by atomic mass is 10.1. The zero-order chi connectivity index (χ0) is 20.3. The van der Waals surface area contributed by atoms with Crippen LogP contribution >= 0.6 is 24.0 Å². The van der Waals surface area contributed by atoms with E-state index in [-0.39, 0.29) is 29.8 Å². The van der Waals surface area contributed by atoms with Crippen LogP contribution in [-0.4, -0.2) is 62.5 Å². The summed E-state index contributed by atoms with van der Waals surface area (Å²) in [5, 5.41) is 3.41. The van der Waals surface area contributed by atoms with Gasteiger partial charge in [0.1, 0.15) is 5.82 Å². The molecule has 2 saturated heterocycles. The van der Waals surface area contributed by atoms with Crippen molar-refractivity contribution < 1.29 is 13.9 Å². The van der Waals surface area contributed by atoms with Crippen molar-refractivity contribution in [3.63, 3.8) is 0 Å². The fourth-order valence-corrected chi connectivity index (χ4v) is 4.00. The van der Waals surface area contributed by atoms with Gasteiger partial charge in [0, 0.05) is 32.8 Å². The van der Waals surface area contributed by atoms with Crippen molar-refractivity contribution in [2.24, 2.45) is 4.99 Å². The number of halogens is 2. The molecule has 0 radical (unpaired) electrons. The van der Waals surface area contributed by atoms with Crippen molar-refractivity contribution in [3.8, 4) is 0 Å². The number of hydrogen-bond donors (Lipinski definition) is 1. The molecule has 0 aromatic heterocycles. The van der Waals surface area contributed by atoms with Gasteiger partial charge in [-0.05, 0) is 69.6 Å². The first-order chi connectivity index (χ1) is 14.2. The number of rotatable bonds is 8. The van der Waals surface area contributed by atoms with Crippen molar-refractivity contribution >= 4 is 29.9 Å². The average Bonchev–Trinajstić information content (AvgIpc) is 2.76. The first-order valence-corrected chi connectivity index (χ1v) is 11.3. The van der Waals surface area contributed by atoms with Gasteiger partial charge in [-0.25, -0.2) is 4.39 Å². The van der Waals surface area contributed by atoms with E-state index >= 15 is 0 Å². The Balaban J connectivity index is 0.00000320. The van der Waals surface area contributed by atoms with Crippen molar-refractivity contribution in [1.29, 1.82) is 0 Å². The Hall–Kier alpha value is -0.930. The number of guanidine groups is 1. The monoisotopic (exact) mass is 533 g/mol. The summed E-state index contributed by atoms with van der Waals surface area (Å²) >= 11 is 0. The van der Waals surface area contributed by atoms with Crippen LogP contribution in [0.15, 0.2) is 29.3 Å². The zero-order valence-electron chi connectivity index (χ0n) is 18.2. The van der Waals surface area contributed by atoms with Crippen LogP contribution in [0, 0.1) is 5.82 Å². The number of nitrogens with one attached hydrogen (secondary N) is 1. The van der Waals surface area contributed by atoms with Crippen molar-refractivity contribution in [2.75, 3.05) is 39.4 Å². The Morgan fingerprint density at radius 1 is 1.27 bits per heavy atom. The van der Waals surface area contributed by atoms with E-state index in [9.17, 15) is 4.39 Å². The van der Waals surface area contributed by atoms with E-state index in [0.717, 1.165) is 83.0 Å². The zero-order valence-corrected chi connectivity index (χ0v) is 20.5. The van der Waals surface area contributed by atoms with Crippen molar-refractivity contribution in [3.05, 3.63) is 35.6 Å². The number of likely N-dealkylation sites (tertiary alicyclic amines) is 1. The smallest absolute Gasteiger partial charge is 0.193 e. The van der Waals surface area contributed by atoms with Gasteiger partial charge in [0.2, 0.25) is 0 Å². The summed E-state index contributed by atoms with van der Waals surface area (Å²) in [7, 11) is 0. The summed E-state index contributed by atoms with van der Waals surface area (Å²) in [5.74, 6) is 0.820. The van der Waals surface area contributed by atoms with Crippen LogP contribution in [0.4, 0.5) is 4.39 Å². The van der Waals surface area contributed by atoms with Gasteiger partial charge in [-0.1, -0.05) is 12.1 Å². The standard InChI is InChI=1S/C23H36FN3O2.HI/c1-2-25-23(26-13-6-8-19-7-5-9-20(24)17-19)27-14-11-21(12-15-27)29-18-22-10-3-4-16-28-22;/h5,7,9,17,21-22H,2-4,6,8,10-16,18H2,1H3,(H,25,26);1H. The molecule has 3 rings (SSSR count). The number of ether oxygens (including phenoxy) is 2. The molecular formula is C23H37FIN3O2. The molecule has 170 valence electrons. The van der Waals surface area contributed by atoms with Gasteiger partial charge in [0.05, 0.1) is 18.8 Å². The van der Waals surface area contributed by atoms with E-state index in [0.29, 0.717) is 12.2 Å². The minimum absolute atomic E-state index is 0. The number of aryl methyl sites for hydroxylation is 1. The van der Waals surface area contributed by atoms with Crippen LogP contribution in [0.2, 0.25) is 0 Å². The molecule has 0 aliphatic carbocycles. The number of piperidine rings is 1. The summed E-state index contributed by atoms with van der Waals surface area (Å²) in [6.45, 7) is 7.25. The van der Waals surface area contributed by atoms with Gasteiger partial charge < -0.3 is 19.7 Å². The van der Waals surface area contributed by atoms with Gasteiger partial charge in [-0.3, -0.25) is 4.99 Å². The quantitative estimate of drug-likeness (QED) is 0.233. The molecule has 2 heterocycles. The van der Waals surface area contributed by atoms with E-state index in [4.69, 9.17) is 14.5 Å². The van der Waals surface area contributed by atoms with E-state index in [1.54, 1.807) is 12.1 Å². The molecule has 0 saturated carbocycles. The second kappa shape index (κ2) is 14.2. The molecule has 2 aliphatic rings. The molecule has 7 heteroatoms. The summed E-state index contributed by atoms with van der Waals surface area (Å²) in [4.78, 5) is 7.13. The summed E-state index contributed by atoms with van der Waals surface area (Å²) < 4.78 is 25.2. The molecule has 2 aliphatic heterocycles. The maximum absolute atomic E-state index is 13.3. The highest BCUT2D eigenvalue weighted by molar-refractivity contribution is 14.0. The Kier molecular flexibility index (Phi) is 12.0. The number of hydrogen-bond acceptors (Lipinski definition) is 3. The third-order valence-corrected chi connectivity index (χ3v) is 5.64. The number of aliphatic imine (C=N–C) groups is 1. The Labute approximate surface area is 197 Å². The van der Waals surface area contributed by atoms with E-state index in [1.165, 1.54) is 18.9 Å². The maximum atomic E-state index is 13.3. The summed E-state index contributed by atoms with van der Waals surface area (Å²) in [6.07, 6.45) is 8.01. The van der Waals surface area contributed by atoms with Gasteiger partial charge in [-0.15, -0.1) is 24.0 Å². The van der Waals surface area contributed by atoms with Crippen LogP contribution in [0.5, 0.6) is 0 Å². The topological polar surface area (TPSA) is 46.1 Å². The molecule has 2 fully saturated rings. The van der Waals surface area contributed by atoms with Crippen LogP contribution in [0.1, 0.15) is 51.0 Å². The SMILES string of the molecule is CCNC(=NCCCc1cccc(F)c1)N1CCC(OCC2CCCCO2)CC1.I. The van der Waals surface area contributed by atoms with Crippen LogP contribution in [-0.2, 0) is 15.9 Å². The van der Waals surface area contributed by atoms with Crippen molar-refractivity contribution in [1.82, 2.24) is 10.2 Å². The minimum Gasteiger partial charge on any atom is -0.376 e. The van der Waals surface area contributed by atoms with Crippen molar-refractivity contribution in [2.45, 2.75) is 64.1 Å². The fraction of sp³-hybridized carbons (Fsp3) is 0.696. The molecule has 0 bridgehead atoms. The highest BCUT2D eigenvalue weighted by atomic mass is 127. The lowest BCUT2D eigenvalue weighted by molar-refractivity contribution is -0.0721. The number of nitrogens with zero attached hydrogens (tertiary/aromatic N) is 2. The van der Waals surface area contributed by atoms with Crippen LogP contribution in [0.3, 0.4) is 0 Å². The molecule has 1 atom stereocenters. The second-order valence-electron chi connectivity index (χ2n) is 7.98. The van der Waals surface area contributed by atoms with E-state index in [2.05, 4.69) is 17.1 Å². The number of benzene rings is 1. The highest BCUT2D eigenvalue weighted by Crippen LogP contribution is 2.18. The predicted octanol–water partition coefficient (Wildman–Crippen LogP) is 4.39. The van der Waals surface area contributed by atoms with Gasteiger partial charge in [-0.2, -0.15) is 0 Å². The van der Waals surface area contributed by atoms with E-state index < -0.39 is 0 Å². The largest absolute Gasteiger partial charge is 0.376 e. The first kappa shape index (κ1) is 25.3.